The second kappa shape index (κ2) is 10.3. The molecule has 7 nitrogen and oxygen atoms in total. The molecule has 7 heteroatoms. The molecule has 1 aromatic heterocycles. The molecule has 208 valence electrons. The highest BCUT2D eigenvalue weighted by Gasteiger charge is 2.28. The standard InChI is InChI=1S/C37H25N7/c38-29-20-40-21-30(39)36(29)28-19-27-18-26-12-15-32(42-26)34(22-7-3-1-4-8-22)31-14-11-24(41-31)17-25-13-16-33(43-25)35(37(28)44-27)23-9-5-2-6-10-23/h1-21H,38-39H2. The van der Waals surface area contributed by atoms with Crippen molar-refractivity contribution in [3.63, 3.8) is 0 Å². The number of nitrogen functional groups attached to an aromatic ring is 2. The lowest BCUT2D eigenvalue weighted by molar-refractivity contribution is 1.33. The normalized spacial score (nSPS) is 18.2. The van der Waals surface area contributed by atoms with Crippen molar-refractivity contribution in [3.8, 4) is 0 Å². The quantitative estimate of drug-likeness (QED) is 0.366. The fraction of sp³-hybridized carbons (Fsp3) is 0. The lowest BCUT2D eigenvalue weighted by atomic mass is 9.90. The van der Waals surface area contributed by atoms with E-state index in [0.717, 1.165) is 73.5 Å². The van der Waals surface area contributed by atoms with Crippen molar-refractivity contribution in [1.29, 1.82) is 0 Å². The summed E-state index contributed by atoms with van der Waals surface area (Å²) in [6.07, 6.45) is 21.3. The third-order valence-corrected chi connectivity index (χ3v) is 7.77. The second-order valence-corrected chi connectivity index (χ2v) is 10.7. The average Bonchev–Trinajstić information content (AvgIpc) is 3.85. The fourth-order valence-electron chi connectivity index (χ4n) is 5.84. The van der Waals surface area contributed by atoms with Gasteiger partial charge in [-0.25, -0.2) is 20.0 Å². The zero-order valence-electron chi connectivity index (χ0n) is 23.5. The van der Waals surface area contributed by atoms with Crippen LogP contribution in [0.5, 0.6) is 0 Å². The van der Waals surface area contributed by atoms with Crippen molar-refractivity contribution in [1.82, 2.24) is 4.98 Å². The van der Waals surface area contributed by atoms with E-state index in [1.165, 1.54) is 0 Å². The molecule has 0 amide bonds. The highest BCUT2D eigenvalue weighted by atomic mass is 14.9. The van der Waals surface area contributed by atoms with Gasteiger partial charge in [0, 0.05) is 22.3 Å². The van der Waals surface area contributed by atoms with E-state index < -0.39 is 0 Å². The first-order valence-corrected chi connectivity index (χ1v) is 14.2. The highest BCUT2D eigenvalue weighted by Crippen LogP contribution is 2.40. The van der Waals surface area contributed by atoms with Gasteiger partial charge in [-0.2, -0.15) is 0 Å². The molecule has 0 aliphatic carbocycles. The van der Waals surface area contributed by atoms with Gasteiger partial charge in [0.05, 0.1) is 69.4 Å². The molecule has 0 spiro atoms. The number of aliphatic imine (C=N–C) groups is 4. The molecular formula is C37H25N7. The summed E-state index contributed by atoms with van der Waals surface area (Å²) >= 11 is 0. The number of fused-ring (bicyclic) bond motifs is 4. The summed E-state index contributed by atoms with van der Waals surface area (Å²) in [4.78, 5) is 24.5. The first-order valence-electron chi connectivity index (χ1n) is 14.2. The molecule has 5 aliphatic heterocycles. The molecule has 44 heavy (non-hydrogen) atoms. The lowest BCUT2D eigenvalue weighted by Gasteiger charge is -2.16. The van der Waals surface area contributed by atoms with Gasteiger partial charge >= 0.3 is 0 Å². The fourth-order valence-corrected chi connectivity index (χ4v) is 5.84. The summed E-state index contributed by atoms with van der Waals surface area (Å²) in [6.45, 7) is 0. The monoisotopic (exact) mass is 567 g/mol. The number of hydrogen-bond acceptors (Lipinski definition) is 7. The summed E-state index contributed by atoms with van der Waals surface area (Å²) in [6, 6.07) is 20.3. The SMILES string of the molecule is Nc1cncc(N)c1C1=CC2=CC3=NC(=C(c4ccccc4)C4=NC(=CC5=NC(=C(c6ccccc6)C1=N2)C=C5)C=C4)C=C3. The molecule has 0 saturated carbocycles. The Hall–Kier alpha value is -6.21. The van der Waals surface area contributed by atoms with E-state index in [2.05, 4.69) is 29.2 Å². The minimum absolute atomic E-state index is 0.474. The Labute approximate surface area is 254 Å². The van der Waals surface area contributed by atoms with Gasteiger partial charge < -0.3 is 11.5 Å². The van der Waals surface area contributed by atoms with Gasteiger partial charge in [-0.3, -0.25) is 4.98 Å². The summed E-state index contributed by atoms with van der Waals surface area (Å²) < 4.78 is 0. The molecule has 0 radical (unpaired) electrons. The average molecular weight is 568 g/mol. The lowest BCUT2D eigenvalue weighted by Crippen LogP contribution is -2.09. The maximum atomic E-state index is 6.49. The Morgan fingerprint density at radius 2 is 1.09 bits per heavy atom. The van der Waals surface area contributed by atoms with Crippen molar-refractivity contribution in [2.75, 3.05) is 11.5 Å². The van der Waals surface area contributed by atoms with Gasteiger partial charge in [0.25, 0.3) is 0 Å². The Morgan fingerprint density at radius 3 is 1.75 bits per heavy atom. The first kappa shape index (κ1) is 25.5. The van der Waals surface area contributed by atoms with Crippen molar-refractivity contribution >= 4 is 50.9 Å². The number of allylic oxidation sites excluding steroid dienone is 12. The number of nitrogens with two attached hydrogens (primary N) is 2. The van der Waals surface area contributed by atoms with Gasteiger partial charge in [0.2, 0.25) is 0 Å². The molecule has 5 aliphatic rings. The van der Waals surface area contributed by atoms with Gasteiger partial charge in [-0.05, 0) is 65.8 Å². The molecule has 3 aromatic rings. The van der Waals surface area contributed by atoms with E-state index in [1.54, 1.807) is 12.4 Å². The topological polar surface area (TPSA) is 114 Å². The van der Waals surface area contributed by atoms with Gasteiger partial charge in [0.15, 0.2) is 0 Å². The van der Waals surface area contributed by atoms with Crippen molar-refractivity contribution in [3.05, 3.63) is 167 Å². The van der Waals surface area contributed by atoms with Gasteiger partial charge in [0.1, 0.15) is 0 Å². The molecule has 4 N–H and O–H groups in total. The van der Waals surface area contributed by atoms with Crippen molar-refractivity contribution in [2.45, 2.75) is 0 Å². The van der Waals surface area contributed by atoms with E-state index in [9.17, 15) is 0 Å². The Morgan fingerprint density at radius 1 is 0.500 bits per heavy atom. The second-order valence-electron chi connectivity index (χ2n) is 10.7. The van der Waals surface area contributed by atoms with Crippen LogP contribution in [0.15, 0.2) is 170 Å². The van der Waals surface area contributed by atoms with E-state index in [4.69, 9.17) is 31.4 Å². The van der Waals surface area contributed by atoms with Crippen LogP contribution < -0.4 is 11.5 Å². The molecule has 0 fully saturated rings. The number of nitrogens with zero attached hydrogens (tertiary/aromatic N) is 5. The molecule has 0 unspecified atom stereocenters. The zero-order valence-corrected chi connectivity index (χ0v) is 23.5. The van der Waals surface area contributed by atoms with Crippen LogP contribution in [0, 0.1) is 0 Å². The minimum atomic E-state index is 0.474. The van der Waals surface area contributed by atoms with Crippen LogP contribution >= 0.6 is 0 Å². The summed E-state index contributed by atoms with van der Waals surface area (Å²) in [5.41, 5.74) is 25.6. The number of benzene rings is 2. The predicted molar refractivity (Wildman–Crippen MR) is 181 cm³/mol. The minimum Gasteiger partial charge on any atom is -0.397 e. The number of hydrogen-bond donors (Lipinski definition) is 2. The highest BCUT2D eigenvalue weighted by molar-refractivity contribution is 6.48. The molecule has 2 aromatic carbocycles. The third kappa shape index (κ3) is 4.44. The van der Waals surface area contributed by atoms with Crippen molar-refractivity contribution in [2.24, 2.45) is 20.0 Å². The van der Waals surface area contributed by atoms with Crippen LogP contribution in [0.4, 0.5) is 11.4 Å². The summed E-state index contributed by atoms with van der Waals surface area (Å²) in [7, 11) is 0. The molecular weight excluding hydrogens is 542 g/mol. The predicted octanol–water partition coefficient (Wildman–Crippen LogP) is 6.72. The van der Waals surface area contributed by atoms with Gasteiger partial charge in [-0.15, -0.1) is 0 Å². The number of aromatic nitrogens is 1. The maximum absolute atomic E-state index is 6.49. The van der Waals surface area contributed by atoms with Crippen LogP contribution in [0.1, 0.15) is 16.7 Å². The molecule has 8 bridgehead atoms. The number of pyridine rings is 1. The molecule has 0 atom stereocenters. The molecule has 6 heterocycles. The van der Waals surface area contributed by atoms with Crippen molar-refractivity contribution < 1.29 is 0 Å². The van der Waals surface area contributed by atoms with Crippen LogP contribution in [0.2, 0.25) is 0 Å². The van der Waals surface area contributed by atoms with Crippen LogP contribution in [-0.4, -0.2) is 27.8 Å². The van der Waals surface area contributed by atoms with E-state index in [-0.39, 0.29) is 0 Å². The Kier molecular flexibility index (Phi) is 5.94. The van der Waals surface area contributed by atoms with Crippen LogP contribution in [-0.2, 0) is 0 Å². The summed E-state index contributed by atoms with van der Waals surface area (Å²) in [5.74, 6) is 0. The molecule has 8 rings (SSSR count). The third-order valence-electron chi connectivity index (χ3n) is 7.77. The Bertz CT molecular complexity index is 2120. The van der Waals surface area contributed by atoms with E-state index in [1.807, 2.05) is 91.1 Å². The van der Waals surface area contributed by atoms with Crippen LogP contribution in [0.3, 0.4) is 0 Å². The number of anilines is 2. The Balaban J connectivity index is 1.41. The first-order chi connectivity index (χ1) is 21.6. The van der Waals surface area contributed by atoms with E-state index >= 15 is 0 Å². The van der Waals surface area contributed by atoms with Crippen LogP contribution in [0.25, 0.3) is 16.7 Å². The zero-order chi connectivity index (χ0) is 29.6. The van der Waals surface area contributed by atoms with E-state index in [0.29, 0.717) is 16.9 Å². The maximum Gasteiger partial charge on any atom is 0.0817 e. The summed E-state index contributed by atoms with van der Waals surface area (Å²) in [5, 5.41) is 0. The van der Waals surface area contributed by atoms with Gasteiger partial charge in [-0.1, -0.05) is 60.7 Å². The number of rotatable bonds is 3. The smallest absolute Gasteiger partial charge is 0.0817 e. The largest absolute Gasteiger partial charge is 0.397 e. The molecule has 0 saturated heterocycles.